The average Bonchev–Trinajstić information content (AvgIpc) is 2.81. The highest BCUT2D eigenvalue weighted by Crippen LogP contribution is 2.65. The molecule has 0 radical (unpaired) electrons. The molecule has 0 aliphatic heterocycles. The molecule has 0 saturated heterocycles. The summed E-state index contributed by atoms with van der Waals surface area (Å²) in [7, 11) is 0. The molecule has 3 saturated carbocycles. The minimum absolute atomic E-state index is 0.608. The molecule has 2 bridgehead atoms. The first-order valence-electron chi connectivity index (χ1n) is 7.73. The predicted molar refractivity (Wildman–Crippen MR) is 82.0 cm³/mol. The van der Waals surface area contributed by atoms with Gasteiger partial charge in [-0.15, -0.1) is 0 Å². The number of benzene rings is 1. The van der Waals surface area contributed by atoms with E-state index < -0.39 is 0 Å². The van der Waals surface area contributed by atoms with Gasteiger partial charge in [0.25, 0.3) is 0 Å². The Morgan fingerprint density at radius 3 is 2.42 bits per heavy atom. The zero-order valence-corrected chi connectivity index (χ0v) is 13.1. The van der Waals surface area contributed by atoms with Gasteiger partial charge in [0.15, 0.2) is 0 Å². The van der Waals surface area contributed by atoms with Crippen LogP contribution in [-0.4, -0.2) is 12.1 Å². The second-order valence-electron chi connectivity index (χ2n) is 6.91. The molecule has 1 aromatic carbocycles. The van der Waals surface area contributed by atoms with Crippen LogP contribution in [0.2, 0.25) is 0 Å². The predicted octanol–water partition coefficient (Wildman–Crippen LogP) is 4.01. The van der Waals surface area contributed by atoms with Crippen LogP contribution < -0.4 is 5.32 Å². The maximum Gasteiger partial charge on any atom is 0.0175 e. The van der Waals surface area contributed by atoms with E-state index in [4.69, 9.17) is 0 Å². The van der Waals surface area contributed by atoms with Gasteiger partial charge in [0.2, 0.25) is 0 Å². The normalized spacial score (nSPS) is 40.2. The van der Waals surface area contributed by atoms with Crippen LogP contribution >= 0.6 is 15.9 Å². The lowest BCUT2D eigenvalue weighted by Gasteiger charge is -2.17. The van der Waals surface area contributed by atoms with Crippen LogP contribution in [0.3, 0.4) is 0 Å². The lowest BCUT2D eigenvalue weighted by atomic mass is 10.0. The Kier molecular flexibility index (Phi) is 3.00. The molecule has 0 spiro atoms. The van der Waals surface area contributed by atoms with E-state index in [0.29, 0.717) is 6.04 Å². The second kappa shape index (κ2) is 4.60. The van der Waals surface area contributed by atoms with Gasteiger partial charge >= 0.3 is 0 Å². The van der Waals surface area contributed by atoms with Crippen LogP contribution in [0.1, 0.15) is 31.7 Å². The van der Waals surface area contributed by atoms with Crippen molar-refractivity contribution in [2.75, 3.05) is 0 Å². The van der Waals surface area contributed by atoms with Crippen molar-refractivity contribution in [3.05, 3.63) is 34.3 Å². The number of hydrogen-bond acceptors (Lipinski definition) is 1. The number of rotatable bonds is 4. The fourth-order valence-corrected chi connectivity index (χ4v) is 5.17. The largest absolute Gasteiger partial charge is 0.311 e. The minimum atomic E-state index is 0.608. The maximum atomic E-state index is 3.91. The van der Waals surface area contributed by atoms with Crippen LogP contribution in [0.4, 0.5) is 0 Å². The van der Waals surface area contributed by atoms with Crippen LogP contribution in [0.25, 0.3) is 0 Å². The molecule has 102 valence electrons. The first kappa shape index (κ1) is 12.4. The number of hydrogen-bond donors (Lipinski definition) is 1. The van der Waals surface area contributed by atoms with Crippen LogP contribution in [-0.2, 0) is 6.42 Å². The van der Waals surface area contributed by atoms with Crippen molar-refractivity contribution in [3.8, 4) is 0 Å². The molecule has 3 fully saturated rings. The second-order valence-corrected chi connectivity index (χ2v) is 7.83. The fourth-order valence-electron chi connectivity index (χ4n) is 4.91. The standard InChI is InChI=1S/C17H22BrN/c1-10(8-11-2-6-14(18)7-3-11)19-17-15-12-4-5-13(9-12)16(15)17/h2-3,6-7,10,12-13,15-17,19H,4-5,8-9H2,1H3. The summed E-state index contributed by atoms with van der Waals surface area (Å²) < 4.78 is 1.17. The first-order valence-corrected chi connectivity index (χ1v) is 8.52. The molecule has 5 unspecified atom stereocenters. The topological polar surface area (TPSA) is 12.0 Å². The molecule has 0 aromatic heterocycles. The highest BCUT2D eigenvalue weighted by molar-refractivity contribution is 9.10. The molecular weight excluding hydrogens is 298 g/mol. The zero-order valence-electron chi connectivity index (χ0n) is 11.5. The van der Waals surface area contributed by atoms with Crippen molar-refractivity contribution in [1.82, 2.24) is 5.32 Å². The fraction of sp³-hybridized carbons (Fsp3) is 0.647. The molecular formula is C17H22BrN. The molecule has 4 rings (SSSR count). The Hall–Kier alpha value is -0.340. The quantitative estimate of drug-likeness (QED) is 0.884. The van der Waals surface area contributed by atoms with Gasteiger partial charge in [-0.25, -0.2) is 0 Å². The highest BCUT2D eigenvalue weighted by atomic mass is 79.9. The summed E-state index contributed by atoms with van der Waals surface area (Å²) >= 11 is 3.50. The van der Waals surface area contributed by atoms with Gasteiger partial charge in [0.05, 0.1) is 0 Å². The van der Waals surface area contributed by atoms with Crippen molar-refractivity contribution in [1.29, 1.82) is 0 Å². The molecule has 1 N–H and O–H groups in total. The van der Waals surface area contributed by atoms with E-state index in [1.165, 1.54) is 22.9 Å². The third-order valence-electron chi connectivity index (χ3n) is 5.67. The van der Waals surface area contributed by atoms with Gasteiger partial charge in [-0.3, -0.25) is 0 Å². The monoisotopic (exact) mass is 319 g/mol. The summed E-state index contributed by atoms with van der Waals surface area (Å²) in [4.78, 5) is 0. The summed E-state index contributed by atoms with van der Waals surface area (Å²) in [5.41, 5.74) is 1.44. The molecule has 2 heteroatoms. The van der Waals surface area contributed by atoms with Crippen molar-refractivity contribution in [2.45, 2.75) is 44.7 Å². The van der Waals surface area contributed by atoms with E-state index in [2.05, 4.69) is 52.4 Å². The lowest BCUT2D eigenvalue weighted by Crippen LogP contribution is -2.33. The van der Waals surface area contributed by atoms with Crippen LogP contribution in [0.5, 0.6) is 0 Å². The van der Waals surface area contributed by atoms with Crippen molar-refractivity contribution in [2.24, 2.45) is 23.7 Å². The van der Waals surface area contributed by atoms with E-state index in [-0.39, 0.29) is 0 Å². The molecule has 3 aliphatic carbocycles. The van der Waals surface area contributed by atoms with Crippen molar-refractivity contribution in [3.63, 3.8) is 0 Å². The third kappa shape index (κ3) is 2.17. The van der Waals surface area contributed by atoms with Gasteiger partial charge in [0.1, 0.15) is 0 Å². The Morgan fingerprint density at radius 1 is 1.16 bits per heavy atom. The maximum absolute atomic E-state index is 3.91. The van der Waals surface area contributed by atoms with E-state index >= 15 is 0 Å². The van der Waals surface area contributed by atoms with Gasteiger partial charge in [-0.2, -0.15) is 0 Å². The Labute approximate surface area is 124 Å². The average molecular weight is 320 g/mol. The molecule has 3 aliphatic rings. The van der Waals surface area contributed by atoms with Crippen molar-refractivity contribution < 1.29 is 0 Å². The summed E-state index contributed by atoms with van der Waals surface area (Å²) in [5, 5.41) is 3.91. The molecule has 0 amide bonds. The summed E-state index contributed by atoms with van der Waals surface area (Å²) in [5.74, 6) is 4.25. The Bertz CT molecular complexity index is 453. The molecule has 5 atom stereocenters. The minimum Gasteiger partial charge on any atom is -0.311 e. The summed E-state index contributed by atoms with van der Waals surface area (Å²) in [6.45, 7) is 2.35. The van der Waals surface area contributed by atoms with E-state index in [0.717, 1.165) is 36.1 Å². The Balaban J connectivity index is 1.33. The molecule has 1 aromatic rings. The van der Waals surface area contributed by atoms with E-state index in [9.17, 15) is 0 Å². The Morgan fingerprint density at radius 2 is 1.79 bits per heavy atom. The SMILES string of the molecule is CC(Cc1ccc(Br)cc1)NC1C2C3CCC(C3)C12. The molecule has 0 heterocycles. The van der Waals surface area contributed by atoms with E-state index in [1.807, 2.05) is 0 Å². The summed E-state index contributed by atoms with van der Waals surface area (Å²) in [6, 6.07) is 10.2. The number of halogens is 1. The van der Waals surface area contributed by atoms with Gasteiger partial charge in [0, 0.05) is 16.6 Å². The number of fused-ring (bicyclic) bond motifs is 5. The van der Waals surface area contributed by atoms with Gasteiger partial charge in [-0.05, 0) is 74.0 Å². The zero-order chi connectivity index (χ0) is 13.0. The third-order valence-corrected chi connectivity index (χ3v) is 6.20. The van der Waals surface area contributed by atoms with Gasteiger partial charge < -0.3 is 5.32 Å². The van der Waals surface area contributed by atoms with E-state index in [1.54, 1.807) is 6.42 Å². The smallest absolute Gasteiger partial charge is 0.0175 e. The first-order chi connectivity index (χ1) is 9.22. The number of nitrogens with one attached hydrogen (secondary N) is 1. The summed E-state index contributed by atoms with van der Waals surface area (Å²) in [6.07, 6.45) is 5.74. The molecule has 1 nitrogen and oxygen atoms in total. The highest BCUT2D eigenvalue weighted by Gasteiger charge is 2.64. The van der Waals surface area contributed by atoms with Crippen molar-refractivity contribution >= 4 is 15.9 Å². The van der Waals surface area contributed by atoms with Gasteiger partial charge in [-0.1, -0.05) is 28.1 Å². The van der Waals surface area contributed by atoms with Crippen LogP contribution in [0.15, 0.2) is 28.7 Å². The lowest BCUT2D eigenvalue weighted by molar-refractivity contribution is 0.426. The van der Waals surface area contributed by atoms with Crippen LogP contribution in [0, 0.1) is 23.7 Å². The molecule has 19 heavy (non-hydrogen) atoms.